The van der Waals surface area contributed by atoms with Crippen molar-refractivity contribution >= 4 is 5.91 Å². The summed E-state index contributed by atoms with van der Waals surface area (Å²) in [4.78, 5) is 14.0. The van der Waals surface area contributed by atoms with Gasteiger partial charge in [0, 0.05) is 6.61 Å². The minimum atomic E-state index is -0.357. The van der Waals surface area contributed by atoms with Crippen molar-refractivity contribution in [2.24, 2.45) is 11.1 Å². The van der Waals surface area contributed by atoms with Gasteiger partial charge in [-0.05, 0) is 43.3 Å². The lowest BCUT2D eigenvalue weighted by Crippen LogP contribution is -2.46. The highest BCUT2D eigenvalue weighted by molar-refractivity contribution is 5.81. The van der Waals surface area contributed by atoms with Gasteiger partial charge in [0.2, 0.25) is 5.91 Å². The maximum Gasteiger partial charge on any atom is 0.239 e. The second kappa shape index (κ2) is 6.37. The Balaban J connectivity index is 2.12. The number of primary amides is 1. The lowest BCUT2D eigenvalue weighted by Gasteiger charge is -2.42. The Morgan fingerprint density at radius 3 is 2.40 bits per heavy atom. The van der Waals surface area contributed by atoms with E-state index in [0.717, 1.165) is 37.9 Å². The third-order valence-electron chi connectivity index (χ3n) is 4.69. The molecule has 0 spiro atoms. The van der Waals surface area contributed by atoms with E-state index in [-0.39, 0.29) is 24.0 Å². The number of hydrogen-bond donors (Lipinski definition) is 2. The number of aliphatic hydroxyl groups excluding tert-OH is 1. The molecule has 3 N–H and O–H groups in total. The van der Waals surface area contributed by atoms with Crippen LogP contribution in [-0.4, -0.2) is 35.6 Å². The van der Waals surface area contributed by atoms with Crippen molar-refractivity contribution in [2.45, 2.75) is 32.2 Å². The molecule has 4 heteroatoms. The van der Waals surface area contributed by atoms with Gasteiger partial charge in [0.1, 0.15) is 6.04 Å². The number of likely N-dealkylation sites (tertiary alicyclic amines) is 1. The highest BCUT2D eigenvalue weighted by Crippen LogP contribution is 2.36. The number of nitrogens with zero attached hydrogens (tertiary/aromatic N) is 1. The van der Waals surface area contributed by atoms with Gasteiger partial charge >= 0.3 is 0 Å². The number of amides is 1. The molecule has 0 bridgehead atoms. The predicted molar refractivity (Wildman–Crippen MR) is 79.0 cm³/mol. The first-order valence-electron chi connectivity index (χ1n) is 7.31. The van der Waals surface area contributed by atoms with Crippen molar-refractivity contribution in [3.05, 3.63) is 35.9 Å². The molecule has 0 saturated carbocycles. The van der Waals surface area contributed by atoms with Crippen LogP contribution in [0.3, 0.4) is 0 Å². The van der Waals surface area contributed by atoms with E-state index in [1.165, 1.54) is 0 Å². The summed E-state index contributed by atoms with van der Waals surface area (Å²) in [6, 6.07) is 9.33. The first-order chi connectivity index (χ1) is 9.62. The molecule has 1 unspecified atom stereocenters. The molecule has 1 atom stereocenters. The second-order valence-electron chi connectivity index (χ2n) is 5.76. The zero-order valence-corrected chi connectivity index (χ0v) is 12.1. The standard InChI is InChI=1S/C16H24N2O2/c1-2-16(12-19)8-10-18(11-9-16)14(15(17)20)13-6-4-3-5-7-13/h3-7,14,19H,2,8-12H2,1H3,(H2,17,20). The van der Waals surface area contributed by atoms with E-state index in [4.69, 9.17) is 5.73 Å². The van der Waals surface area contributed by atoms with Gasteiger partial charge in [0.25, 0.3) is 0 Å². The van der Waals surface area contributed by atoms with Crippen LogP contribution in [0, 0.1) is 5.41 Å². The second-order valence-corrected chi connectivity index (χ2v) is 5.76. The van der Waals surface area contributed by atoms with Gasteiger partial charge in [-0.15, -0.1) is 0 Å². The van der Waals surface area contributed by atoms with Gasteiger partial charge in [0.15, 0.2) is 0 Å². The predicted octanol–water partition coefficient (Wildman–Crippen LogP) is 1.70. The Morgan fingerprint density at radius 1 is 1.35 bits per heavy atom. The van der Waals surface area contributed by atoms with Gasteiger partial charge in [0.05, 0.1) is 0 Å². The van der Waals surface area contributed by atoms with Gasteiger partial charge < -0.3 is 10.8 Å². The monoisotopic (exact) mass is 276 g/mol. The Bertz CT molecular complexity index is 433. The highest BCUT2D eigenvalue weighted by Gasteiger charge is 2.36. The number of carbonyl (C=O) groups is 1. The Kier molecular flexibility index (Phi) is 4.78. The normalized spacial score (nSPS) is 20.5. The number of benzene rings is 1. The fourth-order valence-electron chi connectivity index (χ4n) is 3.07. The lowest BCUT2D eigenvalue weighted by atomic mass is 9.76. The van der Waals surface area contributed by atoms with Gasteiger partial charge in [-0.2, -0.15) is 0 Å². The molecular weight excluding hydrogens is 252 g/mol. The average Bonchev–Trinajstić information content (AvgIpc) is 2.49. The number of piperidine rings is 1. The summed E-state index contributed by atoms with van der Waals surface area (Å²) >= 11 is 0. The molecular formula is C16H24N2O2. The summed E-state index contributed by atoms with van der Waals surface area (Å²) in [7, 11) is 0. The summed E-state index contributed by atoms with van der Waals surface area (Å²) in [5.74, 6) is -0.302. The van der Waals surface area contributed by atoms with Gasteiger partial charge in [-0.3, -0.25) is 9.69 Å². The van der Waals surface area contributed by atoms with Gasteiger partial charge in [-0.1, -0.05) is 37.3 Å². The summed E-state index contributed by atoms with van der Waals surface area (Å²) in [6.07, 6.45) is 2.80. The molecule has 1 aromatic rings. The SMILES string of the molecule is CCC1(CO)CCN(C(C(N)=O)c2ccccc2)CC1. The van der Waals surface area contributed by atoms with Crippen molar-refractivity contribution in [3.8, 4) is 0 Å². The van der Waals surface area contributed by atoms with Crippen LogP contribution in [0.1, 0.15) is 37.8 Å². The van der Waals surface area contributed by atoms with Crippen molar-refractivity contribution < 1.29 is 9.90 Å². The number of hydrogen-bond acceptors (Lipinski definition) is 3. The first kappa shape index (κ1) is 15.0. The fraction of sp³-hybridized carbons (Fsp3) is 0.562. The molecule has 110 valence electrons. The third kappa shape index (κ3) is 3.02. The molecule has 1 aliphatic rings. The average molecular weight is 276 g/mol. The summed E-state index contributed by atoms with van der Waals surface area (Å²) in [6.45, 7) is 3.95. The Hall–Kier alpha value is -1.39. The lowest BCUT2D eigenvalue weighted by molar-refractivity contribution is -0.124. The van der Waals surface area contributed by atoms with E-state index in [1.807, 2.05) is 30.3 Å². The molecule has 0 aliphatic carbocycles. The number of aliphatic hydroxyl groups is 1. The number of rotatable bonds is 5. The van der Waals surface area contributed by atoms with Crippen LogP contribution in [0.4, 0.5) is 0 Å². The van der Waals surface area contributed by atoms with E-state index in [9.17, 15) is 9.90 Å². The number of nitrogens with two attached hydrogens (primary N) is 1. The molecule has 1 aromatic carbocycles. The van der Waals surface area contributed by atoms with E-state index in [2.05, 4.69) is 11.8 Å². The number of carbonyl (C=O) groups excluding carboxylic acids is 1. The van der Waals surface area contributed by atoms with E-state index in [1.54, 1.807) is 0 Å². The topological polar surface area (TPSA) is 66.6 Å². The van der Waals surface area contributed by atoms with Crippen LogP contribution < -0.4 is 5.73 Å². The minimum Gasteiger partial charge on any atom is -0.396 e. The zero-order valence-electron chi connectivity index (χ0n) is 12.1. The fourth-order valence-corrected chi connectivity index (χ4v) is 3.07. The molecule has 20 heavy (non-hydrogen) atoms. The van der Waals surface area contributed by atoms with E-state index < -0.39 is 0 Å². The maximum absolute atomic E-state index is 11.8. The minimum absolute atomic E-state index is 0.0232. The zero-order chi connectivity index (χ0) is 14.6. The van der Waals surface area contributed by atoms with Crippen LogP contribution in [0.25, 0.3) is 0 Å². The molecule has 4 nitrogen and oxygen atoms in total. The molecule has 1 fully saturated rings. The quantitative estimate of drug-likeness (QED) is 0.860. The molecule has 1 heterocycles. The Morgan fingerprint density at radius 2 is 1.95 bits per heavy atom. The third-order valence-corrected chi connectivity index (χ3v) is 4.69. The molecule has 1 aliphatic heterocycles. The summed E-state index contributed by atoms with van der Waals surface area (Å²) in [5, 5.41) is 9.58. The van der Waals surface area contributed by atoms with Crippen LogP contribution in [0.15, 0.2) is 30.3 Å². The van der Waals surface area contributed by atoms with E-state index in [0.29, 0.717) is 0 Å². The van der Waals surface area contributed by atoms with Crippen LogP contribution in [-0.2, 0) is 4.79 Å². The molecule has 1 amide bonds. The van der Waals surface area contributed by atoms with Crippen molar-refractivity contribution in [3.63, 3.8) is 0 Å². The van der Waals surface area contributed by atoms with Crippen molar-refractivity contribution in [1.82, 2.24) is 4.90 Å². The molecule has 2 rings (SSSR count). The van der Waals surface area contributed by atoms with Gasteiger partial charge in [-0.25, -0.2) is 0 Å². The maximum atomic E-state index is 11.8. The smallest absolute Gasteiger partial charge is 0.239 e. The van der Waals surface area contributed by atoms with Crippen LogP contribution >= 0.6 is 0 Å². The van der Waals surface area contributed by atoms with Crippen molar-refractivity contribution in [2.75, 3.05) is 19.7 Å². The Labute approximate surface area is 120 Å². The summed E-state index contributed by atoms with van der Waals surface area (Å²) in [5.41, 5.74) is 6.58. The van der Waals surface area contributed by atoms with Crippen LogP contribution in [0.5, 0.6) is 0 Å². The van der Waals surface area contributed by atoms with Crippen molar-refractivity contribution in [1.29, 1.82) is 0 Å². The van der Waals surface area contributed by atoms with E-state index >= 15 is 0 Å². The summed E-state index contributed by atoms with van der Waals surface area (Å²) < 4.78 is 0. The molecule has 0 aromatic heterocycles. The molecule has 1 saturated heterocycles. The molecule has 0 radical (unpaired) electrons. The van der Waals surface area contributed by atoms with Crippen LogP contribution in [0.2, 0.25) is 0 Å². The largest absolute Gasteiger partial charge is 0.396 e. The highest BCUT2D eigenvalue weighted by atomic mass is 16.3. The first-order valence-corrected chi connectivity index (χ1v) is 7.31.